The molecule has 0 unspecified atom stereocenters. The molecule has 0 radical (unpaired) electrons. The Morgan fingerprint density at radius 2 is 1.44 bits per heavy atom. The normalized spacial score (nSPS) is 34.9. The van der Waals surface area contributed by atoms with Crippen LogP contribution in [0.1, 0.15) is 51.9 Å². The lowest BCUT2D eigenvalue weighted by molar-refractivity contribution is -0.154. The number of hydrogen-bond donors (Lipinski definition) is 1. The van der Waals surface area contributed by atoms with Crippen LogP contribution in [0.4, 0.5) is 0 Å². The van der Waals surface area contributed by atoms with Gasteiger partial charge in [-0.15, -0.1) is 0 Å². The maximum absolute atomic E-state index is 13.1. The first-order valence-electron chi connectivity index (χ1n) is 9.33. The van der Waals surface area contributed by atoms with Crippen molar-refractivity contribution in [2.24, 2.45) is 29.1 Å². The summed E-state index contributed by atoms with van der Waals surface area (Å²) in [7, 11) is 2.62. The Hall–Kier alpha value is -1.59. The molecule has 25 heavy (non-hydrogen) atoms. The Kier molecular flexibility index (Phi) is 5.07. The lowest BCUT2D eigenvalue weighted by Gasteiger charge is -2.55. The Morgan fingerprint density at radius 3 is 1.88 bits per heavy atom. The minimum atomic E-state index is -0.806. The number of amides is 1. The average Bonchev–Trinajstić information content (AvgIpc) is 2.58. The Labute approximate surface area is 149 Å². The summed E-state index contributed by atoms with van der Waals surface area (Å²) < 4.78 is 9.57. The third-order valence-corrected chi connectivity index (χ3v) is 6.50. The largest absolute Gasteiger partial charge is 0.469 e. The summed E-state index contributed by atoms with van der Waals surface area (Å²) in [5.74, 6) is 0.560. The zero-order valence-corrected chi connectivity index (χ0v) is 15.4. The van der Waals surface area contributed by atoms with Crippen molar-refractivity contribution in [3.63, 3.8) is 0 Å². The second-order valence-electron chi connectivity index (χ2n) is 8.41. The van der Waals surface area contributed by atoms with Crippen LogP contribution in [-0.2, 0) is 23.9 Å². The van der Waals surface area contributed by atoms with Crippen molar-refractivity contribution in [3.8, 4) is 0 Å². The fourth-order valence-electron chi connectivity index (χ4n) is 5.71. The van der Waals surface area contributed by atoms with Crippen LogP contribution in [0.3, 0.4) is 0 Å². The first kappa shape index (κ1) is 18.2. The van der Waals surface area contributed by atoms with Crippen LogP contribution >= 0.6 is 0 Å². The van der Waals surface area contributed by atoms with Gasteiger partial charge in [0.15, 0.2) is 0 Å². The molecule has 4 bridgehead atoms. The molecule has 0 aliphatic heterocycles. The van der Waals surface area contributed by atoms with Gasteiger partial charge in [-0.2, -0.15) is 0 Å². The van der Waals surface area contributed by atoms with Crippen LogP contribution in [0.25, 0.3) is 0 Å². The second kappa shape index (κ2) is 6.96. The molecule has 0 saturated heterocycles. The Bertz CT molecular complexity index is 523. The quantitative estimate of drug-likeness (QED) is 0.741. The van der Waals surface area contributed by atoms with E-state index in [1.807, 2.05) is 0 Å². The lowest BCUT2D eigenvalue weighted by atomic mass is 9.49. The van der Waals surface area contributed by atoms with Crippen molar-refractivity contribution in [1.82, 2.24) is 5.32 Å². The van der Waals surface area contributed by atoms with Crippen molar-refractivity contribution < 1.29 is 23.9 Å². The molecule has 6 heteroatoms. The smallest absolute Gasteiger partial charge is 0.328 e. The molecule has 4 saturated carbocycles. The van der Waals surface area contributed by atoms with Crippen molar-refractivity contribution >= 4 is 17.8 Å². The van der Waals surface area contributed by atoms with Crippen molar-refractivity contribution in [2.45, 2.75) is 57.9 Å². The molecule has 140 valence electrons. The summed E-state index contributed by atoms with van der Waals surface area (Å²) >= 11 is 0. The SMILES string of the molecule is COC(=O)[C@H](C[C@H](C)C(=O)OC)NC(=O)C12CC3CC(CC(C3)C1)C2. The van der Waals surface area contributed by atoms with Crippen molar-refractivity contribution in [3.05, 3.63) is 0 Å². The van der Waals surface area contributed by atoms with Crippen LogP contribution in [0.15, 0.2) is 0 Å². The minimum Gasteiger partial charge on any atom is -0.469 e. The number of ether oxygens (including phenoxy) is 2. The highest BCUT2D eigenvalue weighted by Crippen LogP contribution is 2.60. The summed E-state index contributed by atoms with van der Waals surface area (Å²) in [6.07, 6.45) is 6.77. The van der Waals surface area contributed by atoms with Crippen molar-refractivity contribution in [1.29, 1.82) is 0 Å². The van der Waals surface area contributed by atoms with E-state index in [9.17, 15) is 14.4 Å². The first-order chi connectivity index (χ1) is 11.9. The van der Waals surface area contributed by atoms with E-state index in [0.717, 1.165) is 19.3 Å². The summed E-state index contributed by atoms with van der Waals surface area (Å²) in [5.41, 5.74) is -0.324. The van der Waals surface area contributed by atoms with E-state index in [1.54, 1.807) is 6.92 Å². The summed E-state index contributed by atoms with van der Waals surface area (Å²) in [6.45, 7) is 1.69. The third-order valence-electron chi connectivity index (χ3n) is 6.50. The Morgan fingerprint density at radius 1 is 0.960 bits per heavy atom. The van der Waals surface area contributed by atoms with E-state index in [4.69, 9.17) is 9.47 Å². The molecule has 0 aromatic rings. The molecule has 0 heterocycles. The molecule has 0 spiro atoms. The number of hydrogen-bond acceptors (Lipinski definition) is 5. The van der Waals surface area contributed by atoms with Crippen LogP contribution in [0.2, 0.25) is 0 Å². The zero-order chi connectivity index (χ0) is 18.2. The predicted molar refractivity (Wildman–Crippen MR) is 90.3 cm³/mol. The van der Waals surface area contributed by atoms with Crippen LogP contribution in [-0.4, -0.2) is 38.1 Å². The predicted octanol–water partition coefficient (Wildman–Crippen LogP) is 2.06. The topological polar surface area (TPSA) is 81.7 Å². The van der Waals surface area contributed by atoms with E-state index in [-0.39, 0.29) is 17.7 Å². The number of nitrogens with one attached hydrogen (secondary N) is 1. The highest BCUT2D eigenvalue weighted by Gasteiger charge is 2.55. The van der Waals surface area contributed by atoms with E-state index in [1.165, 1.54) is 33.5 Å². The minimum absolute atomic E-state index is 0.0286. The van der Waals surface area contributed by atoms with Crippen LogP contribution in [0, 0.1) is 29.1 Å². The number of esters is 2. The lowest BCUT2D eigenvalue weighted by Crippen LogP contribution is -2.56. The average molecular weight is 351 g/mol. The van der Waals surface area contributed by atoms with Crippen LogP contribution in [0.5, 0.6) is 0 Å². The van der Waals surface area contributed by atoms with Gasteiger partial charge in [0.2, 0.25) is 5.91 Å². The van der Waals surface area contributed by atoms with Gasteiger partial charge >= 0.3 is 11.9 Å². The summed E-state index contributed by atoms with van der Waals surface area (Å²) in [4.78, 5) is 36.9. The highest BCUT2D eigenvalue weighted by atomic mass is 16.5. The molecule has 1 N–H and O–H groups in total. The standard InChI is InChI=1S/C19H29NO5/c1-11(16(21)24-2)4-15(17(22)25-3)20-18(23)19-8-12-5-13(9-19)7-14(6-12)10-19/h11-15H,4-10H2,1-3H3,(H,20,23)/t11-,12?,13?,14?,15-,19?/m0/s1. The highest BCUT2D eigenvalue weighted by molar-refractivity contribution is 5.88. The van der Waals surface area contributed by atoms with Crippen LogP contribution < -0.4 is 5.32 Å². The van der Waals surface area contributed by atoms with E-state index >= 15 is 0 Å². The number of carbonyl (C=O) groups is 3. The van der Waals surface area contributed by atoms with Gasteiger partial charge in [-0.05, 0) is 62.7 Å². The molecule has 2 atom stereocenters. The summed E-state index contributed by atoms with van der Waals surface area (Å²) in [6, 6.07) is -0.806. The van der Waals surface area contributed by atoms with Gasteiger partial charge in [-0.1, -0.05) is 6.92 Å². The fraction of sp³-hybridized carbons (Fsp3) is 0.842. The molecule has 6 nitrogen and oxygen atoms in total. The van der Waals surface area contributed by atoms with Gasteiger partial charge in [-0.3, -0.25) is 9.59 Å². The van der Waals surface area contributed by atoms with Gasteiger partial charge in [0.05, 0.1) is 20.1 Å². The van der Waals surface area contributed by atoms with E-state index < -0.39 is 23.9 Å². The maximum Gasteiger partial charge on any atom is 0.328 e. The fourth-order valence-corrected chi connectivity index (χ4v) is 5.71. The molecule has 1 amide bonds. The van der Waals surface area contributed by atoms with E-state index in [2.05, 4.69) is 5.32 Å². The van der Waals surface area contributed by atoms with Gasteiger partial charge in [-0.25, -0.2) is 4.79 Å². The monoisotopic (exact) mass is 351 g/mol. The zero-order valence-electron chi connectivity index (χ0n) is 15.4. The molecule has 4 aliphatic rings. The molecular weight excluding hydrogens is 322 g/mol. The molecule has 4 fully saturated rings. The molecule has 0 aromatic heterocycles. The number of rotatable bonds is 6. The van der Waals surface area contributed by atoms with Gasteiger partial charge in [0.1, 0.15) is 6.04 Å². The molecule has 4 rings (SSSR count). The maximum atomic E-state index is 13.1. The Balaban J connectivity index is 1.70. The van der Waals surface area contributed by atoms with Gasteiger partial charge < -0.3 is 14.8 Å². The van der Waals surface area contributed by atoms with Crippen molar-refractivity contribution in [2.75, 3.05) is 14.2 Å². The second-order valence-corrected chi connectivity index (χ2v) is 8.41. The third kappa shape index (κ3) is 3.53. The van der Waals surface area contributed by atoms with Gasteiger partial charge in [0.25, 0.3) is 0 Å². The van der Waals surface area contributed by atoms with E-state index in [0.29, 0.717) is 17.8 Å². The first-order valence-corrected chi connectivity index (χ1v) is 9.33. The molecule has 4 aliphatic carbocycles. The summed E-state index contributed by atoms with van der Waals surface area (Å²) in [5, 5.41) is 2.91. The molecular formula is C19H29NO5. The number of methoxy groups -OCH3 is 2. The van der Waals surface area contributed by atoms with Gasteiger partial charge in [0, 0.05) is 5.41 Å². The molecule has 0 aromatic carbocycles. The number of carbonyl (C=O) groups excluding carboxylic acids is 3.